The Hall–Kier alpha value is -1.62. The van der Waals surface area contributed by atoms with Gasteiger partial charge < -0.3 is 4.52 Å². The molecule has 0 unspecified atom stereocenters. The van der Waals surface area contributed by atoms with Crippen LogP contribution in [-0.2, 0) is 5.75 Å². The number of carbonyl (C=O) groups excluding carboxylic acids is 1. The first-order valence-electron chi connectivity index (χ1n) is 5.69. The third-order valence-corrected chi connectivity index (χ3v) is 3.33. The molecule has 0 atom stereocenters. The van der Waals surface area contributed by atoms with Gasteiger partial charge in [0.05, 0.1) is 5.75 Å². The fourth-order valence-corrected chi connectivity index (χ4v) is 2.19. The van der Waals surface area contributed by atoms with Crippen molar-refractivity contribution >= 4 is 18.0 Å². The maximum atomic E-state index is 10.7. The summed E-state index contributed by atoms with van der Waals surface area (Å²) in [5, 5.41) is 3.92. The molecule has 18 heavy (non-hydrogen) atoms. The van der Waals surface area contributed by atoms with Gasteiger partial charge in [0, 0.05) is 16.4 Å². The van der Waals surface area contributed by atoms with Crippen molar-refractivity contribution in [3.05, 3.63) is 41.5 Å². The lowest BCUT2D eigenvalue weighted by molar-refractivity contribution is 0.112. The highest BCUT2D eigenvalue weighted by molar-refractivity contribution is 7.98. The molecule has 94 valence electrons. The molecule has 0 saturated heterocycles. The molecule has 2 aromatic rings. The Morgan fingerprint density at radius 1 is 1.44 bits per heavy atom. The highest BCUT2D eigenvalue weighted by atomic mass is 32.2. The molecule has 0 spiro atoms. The third-order valence-electron chi connectivity index (χ3n) is 2.34. The average Bonchev–Trinajstić information content (AvgIpc) is 2.85. The predicted molar refractivity (Wildman–Crippen MR) is 69.8 cm³/mol. The summed E-state index contributed by atoms with van der Waals surface area (Å²) in [6.07, 6.45) is 0.843. The van der Waals surface area contributed by atoms with Gasteiger partial charge in [0.25, 0.3) is 0 Å². The number of hydrogen-bond donors (Lipinski definition) is 0. The lowest BCUT2D eigenvalue weighted by atomic mass is 10.2. The van der Waals surface area contributed by atoms with Gasteiger partial charge in [0.15, 0.2) is 5.82 Å². The third kappa shape index (κ3) is 3.20. The van der Waals surface area contributed by atoms with Crippen LogP contribution in [0.3, 0.4) is 0 Å². The van der Waals surface area contributed by atoms with E-state index < -0.39 is 0 Å². The van der Waals surface area contributed by atoms with E-state index in [1.165, 1.54) is 0 Å². The van der Waals surface area contributed by atoms with E-state index in [1.54, 1.807) is 17.8 Å². The van der Waals surface area contributed by atoms with Crippen LogP contribution in [0.1, 0.15) is 41.8 Å². The number of rotatable bonds is 5. The van der Waals surface area contributed by atoms with E-state index in [0.717, 1.165) is 11.2 Å². The van der Waals surface area contributed by atoms with Gasteiger partial charge in [0.2, 0.25) is 5.89 Å². The smallest absolute Gasteiger partial charge is 0.229 e. The minimum Gasteiger partial charge on any atom is -0.339 e. The molecule has 0 aliphatic carbocycles. The van der Waals surface area contributed by atoms with Gasteiger partial charge in [-0.15, -0.1) is 11.8 Å². The Morgan fingerprint density at radius 3 is 2.94 bits per heavy atom. The van der Waals surface area contributed by atoms with Crippen LogP contribution in [-0.4, -0.2) is 16.4 Å². The molecule has 2 rings (SSSR count). The first kappa shape index (κ1) is 12.8. The lowest BCUT2D eigenvalue weighted by Crippen LogP contribution is -1.88. The van der Waals surface area contributed by atoms with Crippen molar-refractivity contribution in [2.75, 3.05) is 0 Å². The van der Waals surface area contributed by atoms with Gasteiger partial charge in [-0.3, -0.25) is 4.79 Å². The second-order valence-electron chi connectivity index (χ2n) is 4.18. The van der Waals surface area contributed by atoms with E-state index in [9.17, 15) is 4.79 Å². The van der Waals surface area contributed by atoms with Crippen LogP contribution in [0, 0.1) is 0 Å². The molecule has 0 amide bonds. The maximum absolute atomic E-state index is 10.7. The standard InChI is InChI=1S/C13H14N2O2S/c1-9(2)13-14-12(15-17-13)8-18-11-5-3-4-10(6-11)7-16/h3-7,9H,8H2,1-2H3. The highest BCUT2D eigenvalue weighted by Gasteiger charge is 2.09. The fraction of sp³-hybridized carbons (Fsp3) is 0.308. The topological polar surface area (TPSA) is 56.0 Å². The monoisotopic (exact) mass is 262 g/mol. The Balaban J connectivity index is 1.99. The number of thioether (sulfide) groups is 1. The molecule has 0 bridgehead atoms. The molecule has 1 heterocycles. The SMILES string of the molecule is CC(C)c1nc(CSc2cccc(C=O)c2)no1. The molecule has 0 saturated carbocycles. The summed E-state index contributed by atoms with van der Waals surface area (Å²) in [5.41, 5.74) is 0.677. The van der Waals surface area contributed by atoms with Crippen molar-refractivity contribution in [2.24, 2.45) is 0 Å². The van der Waals surface area contributed by atoms with Crippen LogP contribution in [0.25, 0.3) is 0 Å². The van der Waals surface area contributed by atoms with Gasteiger partial charge >= 0.3 is 0 Å². The van der Waals surface area contributed by atoms with Crippen molar-refractivity contribution in [1.82, 2.24) is 10.1 Å². The van der Waals surface area contributed by atoms with Crippen molar-refractivity contribution in [2.45, 2.75) is 30.4 Å². The molecule has 4 nitrogen and oxygen atoms in total. The van der Waals surface area contributed by atoms with E-state index >= 15 is 0 Å². The number of nitrogens with zero attached hydrogens (tertiary/aromatic N) is 2. The molecule has 0 aliphatic heterocycles. The fourth-order valence-electron chi connectivity index (χ4n) is 1.39. The van der Waals surface area contributed by atoms with Crippen LogP contribution in [0.2, 0.25) is 0 Å². The van der Waals surface area contributed by atoms with E-state index in [0.29, 0.717) is 23.0 Å². The van der Waals surface area contributed by atoms with Crippen molar-refractivity contribution < 1.29 is 9.32 Å². The van der Waals surface area contributed by atoms with Crippen molar-refractivity contribution in [3.63, 3.8) is 0 Å². The minimum atomic E-state index is 0.245. The van der Waals surface area contributed by atoms with Gasteiger partial charge in [-0.05, 0) is 12.1 Å². The second-order valence-corrected chi connectivity index (χ2v) is 5.23. The Morgan fingerprint density at radius 2 is 2.28 bits per heavy atom. The minimum absolute atomic E-state index is 0.245. The molecular weight excluding hydrogens is 248 g/mol. The van der Waals surface area contributed by atoms with Crippen LogP contribution >= 0.6 is 11.8 Å². The molecule has 5 heteroatoms. The van der Waals surface area contributed by atoms with Crippen molar-refractivity contribution in [3.8, 4) is 0 Å². The summed E-state index contributed by atoms with van der Waals surface area (Å²) in [6.45, 7) is 4.02. The molecule has 1 aromatic heterocycles. The zero-order valence-corrected chi connectivity index (χ0v) is 11.1. The zero-order chi connectivity index (χ0) is 13.0. The largest absolute Gasteiger partial charge is 0.339 e. The number of carbonyl (C=O) groups is 1. The Labute approximate surface area is 110 Å². The summed E-state index contributed by atoms with van der Waals surface area (Å²) in [6, 6.07) is 7.45. The normalized spacial score (nSPS) is 10.8. The molecule has 0 radical (unpaired) electrons. The van der Waals surface area contributed by atoms with Crippen LogP contribution in [0.4, 0.5) is 0 Å². The van der Waals surface area contributed by atoms with Crippen LogP contribution in [0.15, 0.2) is 33.7 Å². The Kier molecular flexibility index (Phi) is 4.15. The number of aromatic nitrogens is 2. The van der Waals surface area contributed by atoms with Crippen LogP contribution < -0.4 is 0 Å². The predicted octanol–water partition coefficient (Wildman–Crippen LogP) is 3.30. The molecule has 0 N–H and O–H groups in total. The van der Waals surface area contributed by atoms with Crippen LogP contribution in [0.5, 0.6) is 0 Å². The molecule has 0 aliphatic rings. The van der Waals surface area contributed by atoms with E-state index in [4.69, 9.17) is 4.52 Å². The summed E-state index contributed by atoms with van der Waals surface area (Å²) in [7, 11) is 0. The maximum Gasteiger partial charge on any atom is 0.229 e. The summed E-state index contributed by atoms with van der Waals surface area (Å²) < 4.78 is 5.13. The molecular formula is C13H14N2O2S. The summed E-state index contributed by atoms with van der Waals surface area (Å²) >= 11 is 1.58. The summed E-state index contributed by atoms with van der Waals surface area (Å²) in [4.78, 5) is 16.0. The molecule has 0 fully saturated rings. The van der Waals surface area contributed by atoms with E-state index in [2.05, 4.69) is 10.1 Å². The van der Waals surface area contributed by atoms with Gasteiger partial charge in [-0.1, -0.05) is 31.1 Å². The van der Waals surface area contributed by atoms with Gasteiger partial charge in [-0.25, -0.2) is 0 Å². The average molecular weight is 262 g/mol. The molecule has 1 aromatic carbocycles. The number of aldehydes is 1. The first-order valence-corrected chi connectivity index (χ1v) is 6.68. The first-order chi connectivity index (χ1) is 8.69. The van der Waals surface area contributed by atoms with E-state index in [1.807, 2.05) is 32.0 Å². The Bertz CT molecular complexity index is 537. The zero-order valence-electron chi connectivity index (χ0n) is 10.3. The van der Waals surface area contributed by atoms with E-state index in [-0.39, 0.29) is 5.92 Å². The number of hydrogen-bond acceptors (Lipinski definition) is 5. The number of benzene rings is 1. The van der Waals surface area contributed by atoms with Crippen molar-refractivity contribution in [1.29, 1.82) is 0 Å². The second kappa shape index (κ2) is 5.82. The quantitative estimate of drug-likeness (QED) is 0.611. The summed E-state index contributed by atoms with van der Waals surface area (Å²) in [5.74, 6) is 2.22. The van der Waals surface area contributed by atoms with Gasteiger partial charge in [-0.2, -0.15) is 4.98 Å². The lowest BCUT2D eigenvalue weighted by Gasteiger charge is -1.98. The van der Waals surface area contributed by atoms with Gasteiger partial charge in [0.1, 0.15) is 6.29 Å². The highest BCUT2D eigenvalue weighted by Crippen LogP contribution is 2.22.